The van der Waals surface area contributed by atoms with Crippen LogP contribution in [0.2, 0.25) is 0 Å². The van der Waals surface area contributed by atoms with Gasteiger partial charge in [-0.2, -0.15) is 4.31 Å². The molecular weight excluding hydrogens is 480 g/mol. The SMILES string of the molecule is CCOc1ccc2ccccc2c1C(=O)NCCCS(=O)(=O)N1CCc2cc(OC)c(OC)cc2C1. The molecule has 0 unspecified atom stereocenters. The minimum Gasteiger partial charge on any atom is -0.493 e. The van der Waals surface area contributed by atoms with Gasteiger partial charge in [0.25, 0.3) is 5.91 Å². The number of nitrogens with one attached hydrogen (secondary N) is 1. The quantitative estimate of drug-likeness (QED) is 0.416. The largest absolute Gasteiger partial charge is 0.493 e. The first-order valence-electron chi connectivity index (χ1n) is 12.0. The lowest BCUT2D eigenvalue weighted by molar-refractivity contribution is 0.0951. The molecule has 9 heteroatoms. The zero-order chi connectivity index (χ0) is 25.7. The lowest BCUT2D eigenvalue weighted by atomic mass is 10.0. The Balaban J connectivity index is 1.39. The molecular formula is C27H32N2O6S. The molecule has 36 heavy (non-hydrogen) atoms. The normalized spacial score (nSPS) is 13.8. The summed E-state index contributed by atoms with van der Waals surface area (Å²) in [5, 5.41) is 4.61. The predicted molar refractivity (Wildman–Crippen MR) is 140 cm³/mol. The van der Waals surface area contributed by atoms with Crippen LogP contribution in [0.25, 0.3) is 10.8 Å². The first kappa shape index (κ1) is 25.8. The van der Waals surface area contributed by atoms with Crippen LogP contribution in [0.4, 0.5) is 0 Å². The molecule has 8 nitrogen and oxygen atoms in total. The third-order valence-electron chi connectivity index (χ3n) is 6.36. The second-order valence-corrected chi connectivity index (χ2v) is 10.7. The summed E-state index contributed by atoms with van der Waals surface area (Å²) in [6.45, 7) is 3.24. The number of amides is 1. The molecule has 0 saturated heterocycles. The molecule has 0 aliphatic carbocycles. The number of nitrogens with zero attached hydrogens (tertiary/aromatic N) is 1. The zero-order valence-corrected chi connectivity index (χ0v) is 21.7. The summed E-state index contributed by atoms with van der Waals surface area (Å²) in [6, 6.07) is 15.1. The molecule has 0 radical (unpaired) electrons. The van der Waals surface area contributed by atoms with Crippen molar-refractivity contribution in [2.24, 2.45) is 0 Å². The summed E-state index contributed by atoms with van der Waals surface area (Å²) < 4.78 is 44.0. The third-order valence-corrected chi connectivity index (χ3v) is 8.26. The minimum atomic E-state index is -3.49. The number of rotatable bonds is 10. The van der Waals surface area contributed by atoms with Gasteiger partial charge in [0.1, 0.15) is 5.75 Å². The van der Waals surface area contributed by atoms with E-state index < -0.39 is 10.0 Å². The Morgan fingerprint density at radius 2 is 1.72 bits per heavy atom. The van der Waals surface area contributed by atoms with Crippen molar-refractivity contribution >= 4 is 26.7 Å². The van der Waals surface area contributed by atoms with Crippen molar-refractivity contribution in [1.29, 1.82) is 0 Å². The van der Waals surface area contributed by atoms with Crippen molar-refractivity contribution in [1.82, 2.24) is 9.62 Å². The maximum absolute atomic E-state index is 13.1. The molecule has 1 aliphatic rings. The lowest BCUT2D eigenvalue weighted by Crippen LogP contribution is -2.38. The molecule has 3 aromatic rings. The first-order valence-corrected chi connectivity index (χ1v) is 13.6. The van der Waals surface area contributed by atoms with E-state index in [0.29, 0.717) is 48.8 Å². The second-order valence-electron chi connectivity index (χ2n) is 8.58. The average Bonchev–Trinajstić information content (AvgIpc) is 2.89. The summed E-state index contributed by atoms with van der Waals surface area (Å²) in [5.74, 6) is 1.41. The summed E-state index contributed by atoms with van der Waals surface area (Å²) >= 11 is 0. The number of hydrogen-bond acceptors (Lipinski definition) is 6. The van der Waals surface area contributed by atoms with E-state index in [2.05, 4.69) is 5.32 Å². The standard InChI is InChI=1S/C27H32N2O6S/c1-4-35-23-11-10-19-8-5-6-9-22(19)26(23)27(30)28-13-7-15-36(31,32)29-14-12-20-16-24(33-2)25(34-3)17-21(20)18-29/h5-6,8-11,16-17H,4,7,12-15,18H2,1-3H3,(H,28,30). The molecule has 0 spiro atoms. The maximum atomic E-state index is 13.1. The van der Waals surface area contributed by atoms with Crippen molar-refractivity contribution in [3.8, 4) is 17.2 Å². The molecule has 0 atom stereocenters. The van der Waals surface area contributed by atoms with E-state index in [1.165, 1.54) is 4.31 Å². The van der Waals surface area contributed by atoms with Crippen molar-refractivity contribution < 1.29 is 27.4 Å². The lowest BCUT2D eigenvalue weighted by Gasteiger charge is -2.29. The summed E-state index contributed by atoms with van der Waals surface area (Å²) in [5.41, 5.74) is 2.44. The number of ether oxygens (including phenoxy) is 3. The number of methoxy groups -OCH3 is 2. The molecule has 0 aromatic heterocycles. The van der Waals surface area contributed by atoms with Crippen LogP contribution in [0.15, 0.2) is 48.5 Å². The fourth-order valence-electron chi connectivity index (χ4n) is 4.53. The predicted octanol–water partition coefficient (Wildman–Crippen LogP) is 3.76. The molecule has 3 aromatic carbocycles. The Hall–Kier alpha value is -3.30. The highest BCUT2D eigenvalue weighted by Crippen LogP contribution is 2.34. The molecule has 0 fully saturated rings. The van der Waals surface area contributed by atoms with Gasteiger partial charge in [0.05, 0.1) is 32.1 Å². The number of benzene rings is 3. The Morgan fingerprint density at radius 3 is 2.44 bits per heavy atom. The Morgan fingerprint density at radius 1 is 1.00 bits per heavy atom. The Bertz CT molecular complexity index is 1360. The molecule has 1 N–H and O–H groups in total. The van der Waals surface area contributed by atoms with Crippen LogP contribution in [-0.2, 0) is 23.0 Å². The minimum absolute atomic E-state index is 0.0518. The van der Waals surface area contributed by atoms with Crippen LogP contribution in [-0.4, -0.2) is 58.3 Å². The average molecular weight is 513 g/mol. The van der Waals surface area contributed by atoms with Gasteiger partial charge in [-0.15, -0.1) is 0 Å². The van der Waals surface area contributed by atoms with E-state index in [1.807, 2.05) is 49.4 Å². The fourth-order valence-corrected chi connectivity index (χ4v) is 6.00. The highest BCUT2D eigenvalue weighted by Gasteiger charge is 2.28. The molecule has 1 amide bonds. The number of hydrogen-bond donors (Lipinski definition) is 1. The third kappa shape index (κ3) is 5.42. The number of carbonyl (C=O) groups is 1. The fraction of sp³-hybridized carbons (Fsp3) is 0.370. The van der Waals surface area contributed by atoms with Crippen molar-refractivity contribution in [3.63, 3.8) is 0 Å². The van der Waals surface area contributed by atoms with Gasteiger partial charge < -0.3 is 19.5 Å². The smallest absolute Gasteiger partial charge is 0.255 e. The Kier molecular flexibility index (Phi) is 8.01. The van der Waals surface area contributed by atoms with Gasteiger partial charge in [-0.25, -0.2) is 8.42 Å². The van der Waals surface area contributed by atoms with E-state index in [0.717, 1.165) is 21.9 Å². The van der Waals surface area contributed by atoms with Gasteiger partial charge in [0.15, 0.2) is 11.5 Å². The van der Waals surface area contributed by atoms with E-state index >= 15 is 0 Å². The van der Waals surface area contributed by atoms with Gasteiger partial charge in [0, 0.05) is 19.6 Å². The van der Waals surface area contributed by atoms with Gasteiger partial charge in [-0.3, -0.25) is 4.79 Å². The van der Waals surface area contributed by atoms with E-state index in [-0.39, 0.29) is 24.7 Å². The monoisotopic (exact) mass is 512 g/mol. The zero-order valence-electron chi connectivity index (χ0n) is 20.9. The molecule has 0 saturated carbocycles. The highest BCUT2D eigenvalue weighted by molar-refractivity contribution is 7.89. The van der Waals surface area contributed by atoms with Crippen molar-refractivity contribution in [2.75, 3.05) is 39.7 Å². The topological polar surface area (TPSA) is 94.2 Å². The maximum Gasteiger partial charge on any atom is 0.255 e. The molecule has 1 aliphatic heterocycles. The summed E-state index contributed by atoms with van der Waals surface area (Å²) in [4.78, 5) is 13.1. The highest BCUT2D eigenvalue weighted by atomic mass is 32.2. The second kappa shape index (κ2) is 11.2. The van der Waals surface area contributed by atoms with E-state index in [9.17, 15) is 13.2 Å². The summed E-state index contributed by atoms with van der Waals surface area (Å²) in [6.07, 6.45) is 0.908. The molecule has 0 bridgehead atoms. The van der Waals surface area contributed by atoms with Crippen LogP contribution >= 0.6 is 0 Å². The van der Waals surface area contributed by atoms with Crippen LogP contribution in [0, 0.1) is 0 Å². The van der Waals surface area contributed by atoms with Crippen LogP contribution in [0.5, 0.6) is 17.2 Å². The number of fused-ring (bicyclic) bond motifs is 2. The Labute approximate surface area is 212 Å². The van der Waals surface area contributed by atoms with Gasteiger partial charge >= 0.3 is 0 Å². The van der Waals surface area contributed by atoms with Crippen molar-refractivity contribution in [3.05, 3.63) is 65.2 Å². The van der Waals surface area contributed by atoms with Crippen LogP contribution in [0.1, 0.15) is 34.8 Å². The van der Waals surface area contributed by atoms with Crippen LogP contribution in [0.3, 0.4) is 0 Å². The van der Waals surface area contributed by atoms with Gasteiger partial charge in [-0.1, -0.05) is 30.3 Å². The number of carbonyl (C=O) groups excluding carboxylic acids is 1. The number of sulfonamides is 1. The van der Waals surface area contributed by atoms with Gasteiger partial charge in [0.2, 0.25) is 10.0 Å². The van der Waals surface area contributed by atoms with Gasteiger partial charge in [-0.05, 0) is 59.9 Å². The van der Waals surface area contributed by atoms with E-state index in [4.69, 9.17) is 14.2 Å². The van der Waals surface area contributed by atoms with Crippen molar-refractivity contribution in [2.45, 2.75) is 26.3 Å². The summed E-state index contributed by atoms with van der Waals surface area (Å²) in [7, 11) is -0.345. The van der Waals surface area contributed by atoms with E-state index in [1.54, 1.807) is 20.3 Å². The van der Waals surface area contributed by atoms with Crippen LogP contribution < -0.4 is 19.5 Å². The first-order chi connectivity index (χ1) is 17.4. The molecule has 4 rings (SSSR count). The molecule has 1 heterocycles. The molecule has 192 valence electrons.